The number of carbonyl (C=O) groups excluding carboxylic acids is 1. The third-order valence-corrected chi connectivity index (χ3v) is 4.29. The molecule has 144 valence electrons. The highest BCUT2D eigenvalue weighted by atomic mass is 35.5. The fourth-order valence-electron chi connectivity index (χ4n) is 2.73. The number of furan rings is 2. The molecule has 8 nitrogen and oxygen atoms in total. The average molecular weight is 410 g/mol. The van der Waals surface area contributed by atoms with Crippen LogP contribution in [0.15, 0.2) is 74.6 Å². The van der Waals surface area contributed by atoms with Crippen molar-refractivity contribution in [3.05, 3.63) is 87.3 Å². The molecule has 0 aliphatic heterocycles. The summed E-state index contributed by atoms with van der Waals surface area (Å²) in [4.78, 5) is 22.8. The third-order valence-electron chi connectivity index (χ3n) is 4.06. The third kappa shape index (κ3) is 3.87. The Bertz CT molecular complexity index is 1220. The molecule has 0 spiro atoms. The van der Waals surface area contributed by atoms with E-state index < -0.39 is 10.8 Å². The lowest BCUT2D eigenvalue weighted by Gasteiger charge is -2.00. The molecular weight excluding hydrogens is 398 g/mol. The number of hydrogen-bond donors (Lipinski definition) is 1. The van der Waals surface area contributed by atoms with E-state index in [2.05, 4.69) is 10.5 Å². The van der Waals surface area contributed by atoms with Crippen molar-refractivity contribution in [2.24, 2.45) is 5.10 Å². The lowest BCUT2D eigenvalue weighted by atomic mass is 10.1. The maximum Gasteiger partial charge on any atom is 0.307 e. The number of amides is 1. The predicted octanol–water partition coefficient (Wildman–Crippen LogP) is 5.02. The molecule has 4 aromatic rings. The topological polar surface area (TPSA) is 111 Å². The number of carbonyl (C=O) groups is 1. The van der Waals surface area contributed by atoms with Crippen LogP contribution in [0.25, 0.3) is 22.3 Å². The monoisotopic (exact) mass is 409 g/mol. The molecule has 1 amide bonds. The van der Waals surface area contributed by atoms with E-state index in [1.54, 1.807) is 24.3 Å². The summed E-state index contributed by atoms with van der Waals surface area (Å²) in [6, 6.07) is 16.3. The molecule has 0 aliphatic carbocycles. The van der Waals surface area contributed by atoms with Gasteiger partial charge in [-0.3, -0.25) is 14.9 Å². The molecule has 0 fully saturated rings. The Kier molecular flexibility index (Phi) is 4.84. The van der Waals surface area contributed by atoms with Gasteiger partial charge in [0.15, 0.2) is 5.76 Å². The van der Waals surface area contributed by atoms with E-state index >= 15 is 0 Å². The first-order chi connectivity index (χ1) is 14.0. The molecule has 0 saturated carbocycles. The maximum atomic E-state index is 12.1. The van der Waals surface area contributed by atoms with E-state index in [1.165, 1.54) is 24.4 Å². The molecule has 0 aliphatic rings. The SMILES string of the molecule is O=C(N/N=C/c1ccc(-c2ccc(Cl)cc2[N+](=O)[O-])o1)c1cc2ccccc2o1. The molecule has 0 saturated heterocycles. The van der Waals surface area contributed by atoms with E-state index in [0.29, 0.717) is 11.3 Å². The Labute approximate surface area is 168 Å². The number of hydrazone groups is 1. The van der Waals surface area contributed by atoms with Gasteiger partial charge in [-0.25, -0.2) is 5.43 Å². The summed E-state index contributed by atoms with van der Waals surface area (Å²) >= 11 is 5.82. The molecule has 1 N–H and O–H groups in total. The second-order valence-corrected chi connectivity index (χ2v) is 6.40. The normalized spacial score (nSPS) is 11.2. The lowest BCUT2D eigenvalue weighted by molar-refractivity contribution is -0.384. The van der Waals surface area contributed by atoms with Crippen molar-refractivity contribution < 1.29 is 18.6 Å². The number of nitrogens with one attached hydrogen (secondary N) is 1. The number of nitro groups is 1. The largest absolute Gasteiger partial charge is 0.455 e. The number of fused-ring (bicyclic) bond motifs is 1. The lowest BCUT2D eigenvalue weighted by Crippen LogP contribution is -2.16. The van der Waals surface area contributed by atoms with E-state index in [-0.39, 0.29) is 27.8 Å². The summed E-state index contributed by atoms with van der Waals surface area (Å²) in [5.74, 6) is 0.186. The molecule has 0 atom stereocenters. The van der Waals surface area contributed by atoms with Crippen molar-refractivity contribution in [1.82, 2.24) is 5.43 Å². The number of hydrogen-bond acceptors (Lipinski definition) is 6. The van der Waals surface area contributed by atoms with Crippen molar-refractivity contribution >= 4 is 40.4 Å². The molecule has 0 unspecified atom stereocenters. The molecule has 0 bridgehead atoms. The van der Waals surface area contributed by atoms with E-state index in [4.69, 9.17) is 20.4 Å². The van der Waals surface area contributed by atoms with Gasteiger partial charge in [0.2, 0.25) is 0 Å². The van der Waals surface area contributed by atoms with Crippen LogP contribution in [0.2, 0.25) is 5.02 Å². The first-order valence-corrected chi connectivity index (χ1v) is 8.75. The van der Waals surface area contributed by atoms with Gasteiger partial charge < -0.3 is 8.83 Å². The standard InChI is InChI=1S/C20H12ClN3O5/c21-13-5-7-15(16(10-13)24(26)27)18-8-6-14(28-18)11-22-23-20(25)19-9-12-3-1-2-4-17(12)29-19/h1-11H,(H,23,25)/b22-11+. The van der Waals surface area contributed by atoms with Gasteiger partial charge in [0.25, 0.3) is 5.69 Å². The van der Waals surface area contributed by atoms with Crippen LogP contribution in [0.5, 0.6) is 0 Å². The summed E-state index contributed by atoms with van der Waals surface area (Å²) < 4.78 is 11.0. The summed E-state index contributed by atoms with van der Waals surface area (Å²) in [5.41, 5.74) is 3.05. The highest BCUT2D eigenvalue weighted by Crippen LogP contribution is 2.33. The van der Waals surface area contributed by atoms with Gasteiger partial charge in [0.05, 0.1) is 16.7 Å². The summed E-state index contributed by atoms with van der Waals surface area (Å²) in [5, 5.41) is 16.1. The second-order valence-electron chi connectivity index (χ2n) is 5.97. The minimum atomic E-state index is -0.537. The van der Waals surface area contributed by atoms with E-state index in [1.807, 2.05) is 18.2 Å². The van der Waals surface area contributed by atoms with Crippen molar-refractivity contribution in [1.29, 1.82) is 0 Å². The van der Waals surface area contributed by atoms with Crippen molar-refractivity contribution in [2.75, 3.05) is 0 Å². The highest BCUT2D eigenvalue weighted by Gasteiger charge is 2.18. The minimum absolute atomic E-state index is 0.125. The Morgan fingerprint density at radius 1 is 1.10 bits per heavy atom. The molecule has 29 heavy (non-hydrogen) atoms. The summed E-state index contributed by atoms with van der Waals surface area (Å²) in [7, 11) is 0. The number of nitro benzene ring substituents is 1. The van der Waals surface area contributed by atoms with Crippen molar-refractivity contribution in [3.63, 3.8) is 0 Å². The number of nitrogens with zero attached hydrogens (tertiary/aromatic N) is 2. The van der Waals surface area contributed by atoms with Crippen LogP contribution in [0.1, 0.15) is 16.3 Å². The average Bonchev–Trinajstić information content (AvgIpc) is 3.34. The first-order valence-electron chi connectivity index (χ1n) is 8.37. The number of halogens is 1. The minimum Gasteiger partial charge on any atom is -0.455 e. The van der Waals surface area contributed by atoms with Crippen molar-refractivity contribution in [3.8, 4) is 11.3 Å². The molecule has 9 heteroatoms. The number of para-hydroxylation sites is 1. The Hall–Kier alpha value is -3.91. The molecule has 4 rings (SSSR count). The van der Waals surface area contributed by atoms with Gasteiger partial charge in [-0.1, -0.05) is 29.8 Å². The Morgan fingerprint density at radius 2 is 1.93 bits per heavy atom. The predicted molar refractivity (Wildman–Crippen MR) is 107 cm³/mol. The zero-order chi connectivity index (χ0) is 20.4. The zero-order valence-corrected chi connectivity index (χ0v) is 15.4. The smallest absolute Gasteiger partial charge is 0.307 e. The quantitative estimate of drug-likeness (QED) is 0.282. The van der Waals surface area contributed by atoms with Crippen LogP contribution in [-0.2, 0) is 0 Å². The van der Waals surface area contributed by atoms with Crippen LogP contribution < -0.4 is 5.43 Å². The van der Waals surface area contributed by atoms with Crippen LogP contribution >= 0.6 is 11.6 Å². The second kappa shape index (κ2) is 7.61. The molecular formula is C20H12ClN3O5. The zero-order valence-electron chi connectivity index (χ0n) is 14.7. The van der Waals surface area contributed by atoms with Gasteiger partial charge in [-0.05, 0) is 36.4 Å². The summed E-state index contributed by atoms with van der Waals surface area (Å²) in [6.07, 6.45) is 1.28. The molecule has 2 aromatic carbocycles. The first kappa shape index (κ1) is 18.5. The molecule has 0 radical (unpaired) electrons. The van der Waals surface area contributed by atoms with Crippen molar-refractivity contribution in [2.45, 2.75) is 0 Å². The fraction of sp³-hybridized carbons (Fsp3) is 0. The van der Waals surface area contributed by atoms with Gasteiger partial charge in [-0.15, -0.1) is 0 Å². The summed E-state index contributed by atoms with van der Waals surface area (Å²) in [6.45, 7) is 0. The van der Waals surface area contributed by atoms with E-state index in [0.717, 1.165) is 5.39 Å². The number of benzene rings is 2. The highest BCUT2D eigenvalue weighted by molar-refractivity contribution is 6.30. The molecule has 2 aromatic heterocycles. The Morgan fingerprint density at radius 3 is 2.72 bits per heavy atom. The van der Waals surface area contributed by atoms with Gasteiger partial charge in [-0.2, -0.15) is 5.10 Å². The number of rotatable bonds is 5. The van der Waals surface area contributed by atoms with Crippen LogP contribution in [0.4, 0.5) is 5.69 Å². The van der Waals surface area contributed by atoms with Gasteiger partial charge in [0.1, 0.15) is 17.1 Å². The van der Waals surface area contributed by atoms with Crippen LogP contribution in [0, 0.1) is 10.1 Å². The van der Waals surface area contributed by atoms with E-state index in [9.17, 15) is 14.9 Å². The maximum absolute atomic E-state index is 12.1. The fourth-order valence-corrected chi connectivity index (χ4v) is 2.90. The van der Waals surface area contributed by atoms with Gasteiger partial charge >= 0.3 is 5.91 Å². The van der Waals surface area contributed by atoms with Gasteiger partial charge in [0, 0.05) is 16.5 Å². The van der Waals surface area contributed by atoms with Crippen LogP contribution in [-0.4, -0.2) is 17.0 Å². The van der Waals surface area contributed by atoms with Crippen LogP contribution in [0.3, 0.4) is 0 Å². The molecule has 2 heterocycles. The Balaban J connectivity index is 1.48.